The second-order valence-electron chi connectivity index (χ2n) is 7.64. The number of azo groups is 1. The standard InChI is InChI=1S/C21H25N5O3S2/c1-14(2)13-26-18-11-6-5-10-17(18)19(20(26)27)23-24-21(30)22-15-8-7-9-16(12-15)31(28,29)25(3)4/h5-12,14,27H,13H2,1-4H3,(H,22,30). The number of nitrogens with one attached hydrogen (secondary N) is 1. The van der Waals surface area contributed by atoms with Crippen LogP contribution in [0.25, 0.3) is 10.9 Å². The molecule has 0 spiro atoms. The third-order valence-electron chi connectivity index (χ3n) is 4.57. The fourth-order valence-corrected chi connectivity index (χ4v) is 4.22. The molecule has 0 unspecified atom stereocenters. The molecule has 0 amide bonds. The summed E-state index contributed by atoms with van der Waals surface area (Å²) in [6.07, 6.45) is 0. The molecule has 0 saturated carbocycles. The van der Waals surface area contributed by atoms with Crippen molar-refractivity contribution in [1.29, 1.82) is 0 Å². The minimum Gasteiger partial charge on any atom is -0.493 e. The summed E-state index contributed by atoms with van der Waals surface area (Å²) >= 11 is 5.25. The first-order chi connectivity index (χ1) is 14.6. The number of anilines is 1. The van der Waals surface area contributed by atoms with Gasteiger partial charge in [0.15, 0.2) is 5.69 Å². The monoisotopic (exact) mass is 459 g/mol. The number of fused-ring (bicyclic) bond motifs is 1. The van der Waals surface area contributed by atoms with Crippen LogP contribution in [0.3, 0.4) is 0 Å². The molecule has 0 atom stereocenters. The smallest absolute Gasteiger partial charge is 0.242 e. The average Bonchev–Trinajstić information content (AvgIpc) is 2.97. The molecule has 8 nitrogen and oxygen atoms in total. The fraction of sp³-hybridized carbons (Fsp3) is 0.286. The first-order valence-electron chi connectivity index (χ1n) is 9.66. The van der Waals surface area contributed by atoms with Gasteiger partial charge in [0.25, 0.3) is 0 Å². The molecular weight excluding hydrogens is 434 g/mol. The van der Waals surface area contributed by atoms with Crippen LogP contribution in [0.15, 0.2) is 63.7 Å². The Kier molecular flexibility index (Phi) is 6.73. The van der Waals surface area contributed by atoms with Crippen molar-refractivity contribution < 1.29 is 13.5 Å². The highest BCUT2D eigenvalue weighted by Crippen LogP contribution is 2.39. The molecule has 10 heteroatoms. The van der Waals surface area contributed by atoms with Crippen molar-refractivity contribution in [2.45, 2.75) is 25.3 Å². The highest BCUT2D eigenvalue weighted by Gasteiger charge is 2.18. The molecule has 2 N–H and O–H groups in total. The van der Waals surface area contributed by atoms with Crippen LogP contribution in [-0.2, 0) is 16.6 Å². The molecule has 164 valence electrons. The Labute approximate surface area is 187 Å². The first kappa shape index (κ1) is 22.9. The maximum absolute atomic E-state index is 12.3. The van der Waals surface area contributed by atoms with Crippen LogP contribution in [0, 0.1) is 5.92 Å². The average molecular weight is 460 g/mol. The van der Waals surface area contributed by atoms with E-state index in [9.17, 15) is 13.5 Å². The van der Waals surface area contributed by atoms with E-state index in [-0.39, 0.29) is 15.9 Å². The van der Waals surface area contributed by atoms with Gasteiger partial charge in [-0.25, -0.2) is 12.7 Å². The maximum Gasteiger partial charge on any atom is 0.242 e. The Morgan fingerprint density at radius 1 is 1.19 bits per heavy atom. The van der Waals surface area contributed by atoms with Gasteiger partial charge in [0, 0.05) is 31.7 Å². The predicted molar refractivity (Wildman–Crippen MR) is 126 cm³/mol. The molecule has 1 heterocycles. The van der Waals surface area contributed by atoms with E-state index in [2.05, 4.69) is 29.4 Å². The molecule has 31 heavy (non-hydrogen) atoms. The van der Waals surface area contributed by atoms with Crippen LogP contribution in [0.4, 0.5) is 11.4 Å². The minimum absolute atomic E-state index is 0.0283. The summed E-state index contributed by atoms with van der Waals surface area (Å²) in [5, 5.41) is 22.6. The number of hydrogen-bond donors (Lipinski definition) is 2. The van der Waals surface area contributed by atoms with Crippen molar-refractivity contribution in [3.63, 3.8) is 0 Å². The van der Waals surface area contributed by atoms with Crippen molar-refractivity contribution in [3.8, 4) is 5.88 Å². The Bertz CT molecular complexity index is 1250. The van der Waals surface area contributed by atoms with Crippen LogP contribution in [-0.4, -0.2) is 41.6 Å². The Hall–Kier alpha value is -2.82. The number of benzene rings is 2. The third-order valence-corrected chi connectivity index (χ3v) is 6.56. The summed E-state index contributed by atoms with van der Waals surface area (Å²) in [5.41, 5.74) is 1.67. The highest BCUT2D eigenvalue weighted by molar-refractivity contribution is 7.89. The van der Waals surface area contributed by atoms with Gasteiger partial charge in [-0.05, 0) is 42.4 Å². The van der Waals surface area contributed by atoms with Gasteiger partial charge in [0.1, 0.15) is 0 Å². The quantitative estimate of drug-likeness (QED) is 0.410. The largest absolute Gasteiger partial charge is 0.493 e. The lowest BCUT2D eigenvalue weighted by Gasteiger charge is -2.12. The van der Waals surface area contributed by atoms with Gasteiger partial charge >= 0.3 is 0 Å². The van der Waals surface area contributed by atoms with Gasteiger partial charge in [0.2, 0.25) is 21.0 Å². The first-order valence-corrected chi connectivity index (χ1v) is 11.5. The molecule has 0 aliphatic rings. The number of aromatic nitrogens is 1. The lowest BCUT2D eigenvalue weighted by molar-refractivity contribution is 0.401. The SMILES string of the molecule is CC(C)Cn1c(O)c(N=NC(=S)Nc2cccc(S(=O)(=O)N(C)C)c2)c2ccccc21. The summed E-state index contributed by atoms with van der Waals surface area (Å²) in [5.74, 6) is 0.362. The Balaban J connectivity index is 1.86. The number of thiocarbonyl (C=S) groups is 1. The van der Waals surface area contributed by atoms with Gasteiger partial charge in [-0.2, -0.15) is 0 Å². The second kappa shape index (κ2) is 9.13. The molecule has 0 radical (unpaired) electrons. The van der Waals surface area contributed by atoms with Gasteiger partial charge in [-0.1, -0.05) is 38.1 Å². The molecule has 3 aromatic rings. The van der Waals surface area contributed by atoms with Crippen molar-refractivity contribution in [2.75, 3.05) is 19.4 Å². The summed E-state index contributed by atoms with van der Waals surface area (Å²) in [6.45, 7) is 4.77. The molecular formula is C21H25N5O3S2. The molecule has 0 aliphatic carbocycles. The van der Waals surface area contributed by atoms with E-state index in [1.807, 2.05) is 24.3 Å². The lowest BCUT2D eigenvalue weighted by atomic mass is 10.2. The van der Waals surface area contributed by atoms with Crippen LogP contribution >= 0.6 is 12.2 Å². The summed E-state index contributed by atoms with van der Waals surface area (Å²) in [6, 6.07) is 13.8. The van der Waals surface area contributed by atoms with Crippen molar-refractivity contribution in [3.05, 3.63) is 48.5 Å². The number of sulfonamides is 1. The van der Waals surface area contributed by atoms with E-state index in [1.165, 1.54) is 26.2 Å². The predicted octanol–water partition coefficient (Wildman–Crippen LogP) is 4.73. The van der Waals surface area contributed by atoms with E-state index in [0.717, 1.165) is 15.2 Å². The van der Waals surface area contributed by atoms with Crippen LogP contribution in [0.5, 0.6) is 5.88 Å². The normalized spacial score (nSPS) is 12.3. The van der Waals surface area contributed by atoms with E-state index >= 15 is 0 Å². The highest BCUT2D eigenvalue weighted by atomic mass is 32.2. The zero-order chi connectivity index (χ0) is 22.8. The third kappa shape index (κ3) is 4.92. The number of nitrogens with zero attached hydrogens (tertiary/aromatic N) is 4. The van der Waals surface area contributed by atoms with E-state index in [4.69, 9.17) is 12.2 Å². The number of rotatable bonds is 6. The maximum atomic E-state index is 12.3. The van der Waals surface area contributed by atoms with Crippen molar-refractivity contribution in [2.24, 2.45) is 16.1 Å². The van der Waals surface area contributed by atoms with Crippen molar-refractivity contribution >= 4 is 49.6 Å². The summed E-state index contributed by atoms with van der Waals surface area (Å²) < 4.78 is 27.6. The fourth-order valence-electron chi connectivity index (χ4n) is 3.11. The molecule has 0 fully saturated rings. The number of hydrogen-bond acceptors (Lipinski definition) is 5. The van der Waals surface area contributed by atoms with Gasteiger partial charge in [0.05, 0.1) is 10.4 Å². The molecule has 3 rings (SSSR count). The van der Waals surface area contributed by atoms with Crippen LogP contribution < -0.4 is 5.32 Å². The zero-order valence-corrected chi connectivity index (χ0v) is 19.4. The molecule has 0 saturated heterocycles. The van der Waals surface area contributed by atoms with Gasteiger partial charge in [-0.15, -0.1) is 10.2 Å². The van der Waals surface area contributed by atoms with Gasteiger partial charge < -0.3 is 15.0 Å². The lowest BCUT2D eigenvalue weighted by Crippen LogP contribution is -2.22. The van der Waals surface area contributed by atoms with Crippen LogP contribution in [0.1, 0.15) is 13.8 Å². The van der Waals surface area contributed by atoms with Crippen molar-refractivity contribution in [1.82, 2.24) is 8.87 Å². The molecule has 1 aromatic heterocycles. The number of para-hydroxylation sites is 1. The topological polar surface area (TPSA) is 99.3 Å². The van der Waals surface area contributed by atoms with Crippen LogP contribution in [0.2, 0.25) is 0 Å². The second-order valence-corrected chi connectivity index (χ2v) is 10.2. The molecule has 0 bridgehead atoms. The van der Waals surface area contributed by atoms with E-state index in [1.54, 1.807) is 16.7 Å². The zero-order valence-electron chi connectivity index (χ0n) is 17.8. The van der Waals surface area contributed by atoms with E-state index < -0.39 is 10.0 Å². The molecule has 0 aliphatic heterocycles. The Morgan fingerprint density at radius 2 is 1.90 bits per heavy atom. The minimum atomic E-state index is -3.57. The summed E-state index contributed by atoms with van der Waals surface area (Å²) in [4.78, 5) is 0.136. The number of aromatic hydroxyl groups is 1. The van der Waals surface area contributed by atoms with E-state index in [0.29, 0.717) is 23.8 Å². The van der Waals surface area contributed by atoms with Gasteiger partial charge in [-0.3, -0.25) is 0 Å². The Morgan fingerprint density at radius 3 is 2.58 bits per heavy atom. The summed E-state index contributed by atoms with van der Waals surface area (Å²) in [7, 11) is -0.630. The molecule has 2 aromatic carbocycles.